The number of cyclic esters (lactones) is 1. The standard InChI is InChI=1S/C51H65N7O9S/c1-9-56-43-16-15-34-26-39(43)40(45(56)38-13-11-19-52-42(38)30-66-8)28-50(5,6)31-67-48(62)41-14-12-20-58(53-41)49(63)51(27-33-23-36(34)25-37(59)24-33)18-22-57(51)47(61)44(32(3)4)54(7)46(60)35-17-21-55(29-35)68(64,65)10-2/h10-11,13,15-16,19,23-26,32,35,41,44,53H,2,9,12,14,17-18,20-22,27-31H2,1,3-8H3,(H-,59,64,65)/p+1/t35-,41-,44-,51-/m0/s1. The van der Waals surface area contributed by atoms with Crippen LogP contribution < -0.4 is 5.43 Å². The number of fused-ring (bicyclic) bond motifs is 6. The van der Waals surface area contributed by atoms with Crippen LogP contribution in [0.4, 0.5) is 0 Å². The van der Waals surface area contributed by atoms with Crippen molar-refractivity contribution < 1.29 is 42.5 Å². The summed E-state index contributed by atoms with van der Waals surface area (Å²) in [6.07, 6.45) is 3.92. The summed E-state index contributed by atoms with van der Waals surface area (Å²) in [4.78, 5) is 66.4. The summed E-state index contributed by atoms with van der Waals surface area (Å²) < 4.78 is 38.5. The highest BCUT2D eigenvalue weighted by Gasteiger charge is 2.57. The molecule has 4 aliphatic heterocycles. The number of hydrogen-bond donors (Lipinski definition) is 3. The van der Waals surface area contributed by atoms with E-state index in [1.54, 1.807) is 37.4 Å². The number of esters is 1. The van der Waals surface area contributed by atoms with Crippen LogP contribution in [0.3, 0.4) is 0 Å². The number of hydrazine groups is 1. The Labute approximate surface area is 400 Å². The molecule has 6 bridgehead atoms. The molecule has 0 radical (unpaired) electrons. The zero-order chi connectivity index (χ0) is 48.9. The molecule has 4 aliphatic rings. The first-order valence-electron chi connectivity index (χ1n) is 23.7. The van der Waals surface area contributed by atoms with Gasteiger partial charge in [0.2, 0.25) is 11.8 Å². The highest BCUT2D eigenvalue weighted by molar-refractivity contribution is 7.98. The van der Waals surface area contributed by atoms with E-state index in [1.807, 2.05) is 32.0 Å². The van der Waals surface area contributed by atoms with Gasteiger partial charge in [0.05, 0.1) is 37.1 Å². The fraction of sp³-hybridized carbons (Fsp3) is 0.510. The Hall–Kier alpha value is -5.46. The maximum atomic E-state index is 15.3. The van der Waals surface area contributed by atoms with Crippen LogP contribution >= 0.6 is 0 Å². The number of benzene rings is 2. The van der Waals surface area contributed by atoms with Crippen LogP contribution in [-0.4, -0.2) is 127 Å². The fourth-order valence-electron chi connectivity index (χ4n) is 10.9. The summed E-state index contributed by atoms with van der Waals surface area (Å²) in [6, 6.07) is 13.8. The second-order valence-electron chi connectivity index (χ2n) is 20.0. The van der Waals surface area contributed by atoms with E-state index in [4.69, 9.17) is 14.5 Å². The van der Waals surface area contributed by atoms with Gasteiger partial charge in [-0.3, -0.25) is 29.2 Å². The second kappa shape index (κ2) is 19.1. The molecule has 2 aromatic heterocycles. The van der Waals surface area contributed by atoms with Gasteiger partial charge in [-0.05, 0) is 114 Å². The van der Waals surface area contributed by atoms with E-state index in [0.29, 0.717) is 50.8 Å². The van der Waals surface area contributed by atoms with Crippen molar-refractivity contribution in [2.75, 3.05) is 46.9 Å². The lowest BCUT2D eigenvalue weighted by molar-refractivity contribution is -0.175. The minimum absolute atomic E-state index is 0.00212. The first-order valence-corrected chi connectivity index (χ1v) is 25.2. The van der Waals surface area contributed by atoms with Gasteiger partial charge in [-0.1, -0.05) is 44.1 Å². The van der Waals surface area contributed by atoms with Crippen LogP contribution in [0.2, 0.25) is 0 Å². The van der Waals surface area contributed by atoms with Crippen LogP contribution in [0, 0.1) is 17.3 Å². The number of nitrogens with zero attached hydrogens (tertiary/aromatic N) is 6. The number of carbonyl (C=O) groups excluding carboxylic acids is 4. The molecule has 2 aromatic carbocycles. The summed E-state index contributed by atoms with van der Waals surface area (Å²) in [7, 11) is -0.252. The van der Waals surface area contributed by atoms with Crippen molar-refractivity contribution in [1.82, 2.24) is 34.1 Å². The van der Waals surface area contributed by atoms with Crippen molar-refractivity contribution in [2.45, 2.75) is 104 Å². The average Bonchev–Trinajstić information content (AvgIpc) is 3.92. The van der Waals surface area contributed by atoms with E-state index in [0.717, 1.165) is 50.0 Å². The number of phenolic OH excluding ortho intramolecular Hbond substituents is 1. The summed E-state index contributed by atoms with van der Waals surface area (Å²) >= 11 is 0. The van der Waals surface area contributed by atoms with E-state index in [1.165, 1.54) is 14.2 Å². The first kappa shape index (κ1) is 49.0. The number of ether oxygens (including phenoxy) is 2. The van der Waals surface area contributed by atoms with Crippen LogP contribution in [0.15, 0.2) is 66.7 Å². The minimum Gasteiger partial charge on any atom is -0.508 e. The smallest absolute Gasteiger partial charge is 0.324 e. The lowest BCUT2D eigenvalue weighted by Gasteiger charge is -2.55. The van der Waals surface area contributed by atoms with Crippen LogP contribution in [-0.2, 0) is 69.3 Å². The van der Waals surface area contributed by atoms with Crippen molar-refractivity contribution >= 4 is 45.0 Å². The van der Waals surface area contributed by atoms with Gasteiger partial charge in [0, 0.05) is 74.8 Å². The molecule has 3 amide bonds. The maximum absolute atomic E-state index is 15.3. The highest BCUT2D eigenvalue weighted by atomic mass is 32.3. The Bertz CT molecular complexity index is 2680. The molecule has 16 nitrogen and oxygen atoms in total. The van der Waals surface area contributed by atoms with Gasteiger partial charge < -0.3 is 28.9 Å². The van der Waals surface area contributed by atoms with Gasteiger partial charge in [-0.25, -0.2) is 5.43 Å². The number of likely N-dealkylation sites (tertiary alicyclic amines) is 1. The summed E-state index contributed by atoms with van der Waals surface area (Å²) in [6.45, 7) is 15.3. The number of aromatic hydroxyl groups is 1. The molecule has 364 valence electrons. The Morgan fingerprint density at radius 3 is 2.56 bits per heavy atom. The number of phenols is 1. The van der Waals surface area contributed by atoms with E-state index >= 15 is 9.59 Å². The van der Waals surface area contributed by atoms with Gasteiger partial charge in [0.25, 0.3) is 5.91 Å². The predicted molar refractivity (Wildman–Crippen MR) is 260 cm³/mol. The molecule has 3 saturated heterocycles. The van der Waals surface area contributed by atoms with Crippen molar-refractivity contribution in [3.05, 3.63) is 83.5 Å². The zero-order valence-corrected chi connectivity index (χ0v) is 41.1. The number of carbonyl (C=O) groups is 4. The molecular formula is C51H66N7O9S+. The fourth-order valence-corrected chi connectivity index (χ4v) is 11.9. The van der Waals surface area contributed by atoms with Crippen LogP contribution in [0.5, 0.6) is 5.75 Å². The number of aryl methyl sites for hydroxylation is 1. The molecule has 1 unspecified atom stereocenters. The molecule has 3 N–H and O–H groups in total. The number of aromatic nitrogens is 2. The van der Waals surface area contributed by atoms with Gasteiger partial charge in [-0.2, -0.15) is 4.55 Å². The average molecular weight is 953 g/mol. The lowest BCUT2D eigenvalue weighted by Crippen LogP contribution is -2.75. The number of rotatable bonds is 10. The Morgan fingerprint density at radius 1 is 1.09 bits per heavy atom. The van der Waals surface area contributed by atoms with Gasteiger partial charge in [0.1, 0.15) is 23.4 Å². The molecule has 6 heterocycles. The number of nitrogens with one attached hydrogen (secondary N) is 1. The normalized spacial score (nSPS) is 23.5. The minimum atomic E-state index is -3.48. The molecule has 8 rings (SSSR count). The molecule has 68 heavy (non-hydrogen) atoms. The molecule has 5 atom stereocenters. The van der Waals surface area contributed by atoms with Crippen molar-refractivity contribution in [1.29, 1.82) is 0 Å². The van der Waals surface area contributed by atoms with Crippen molar-refractivity contribution in [2.24, 2.45) is 17.3 Å². The van der Waals surface area contributed by atoms with Crippen LogP contribution in [0.25, 0.3) is 33.3 Å². The number of amides is 3. The molecule has 4 aromatic rings. The van der Waals surface area contributed by atoms with E-state index in [-0.39, 0.29) is 56.8 Å². The highest BCUT2D eigenvalue weighted by Crippen LogP contribution is 2.43. The number of pyridine rings is 1. The molecule has 3 fully saturated rings. The Morgan fingerprint density at radius 2 is 1.87 bits per heavy atom. The SMILES string of the molecule is C=C[S+](=O)(O)N1CC[C@H](C(=O)N(C)[C@H](C(=O)N2CC[C@@]23Cc2cc(O)cc(c2)-c2ccc4c(c2)c(c(-c2cccnc2COC)n4CC)CC(C)(C)COC(=O)[C@@H]2CCCN(N2)C3=O)C(C)C)C1. The van der Waals surface area contributed by atoms with E-state index in [9.17, 15) is 23.5 Å². The van der Waals surface area contributed by atoms with Gasteiger partial charge in [-0.15, -0.1) is 0 Å². The van der Waals surface area contributed by atoms with Gasteiger partial charge in [0.15, 0.2) is 5.41 Å². The molecule has 0 aliphatic carbocycles. The predicted octanol–water partition coefficient (Wildman–Crippen LogP) is 6.21. The number of methoxy groups -OCH3 is 1. The summed E-state index contributed by atoms with van der Waals surface area (Å²) in [5.74, 6) is -2.60. The topological polar surface area (TPSA) is 187 Å². The molecule has 17 heteroatoms. The largest absolute Gasteiger partial charge is 0.508 e. The molecular weight excluding hydrogens is 887 g/mol. The third-order valence-electron chi connectivity index (χ3n) is 14.4. The summed E-state index contributed by atoms with van der Waals surface area (Å²) in [5, 5.41) is 14.9. The quantitative estimate of drug-likeness (QED) is 0.121. The summed E-state index contributed by atoms with van der Waals surface area (Å²) in [5.41, 5.74) is 8.20. The van der Waals surface area contributed by atoms with E-state index in [2.05, 4.69) is 55.5 Å². The third-order valence-corrected chi connectivity index (χ3v) is 15.9. The van der Waals surface area contributed by atoms with Crippen LogP contribution in [0.1, 0.15) is 77.1 Å². The third kappa shape index (κ3) is 9.10. The number of hydrogen-bond acceptors (Lipinski definition) is 10. The maximum Gasteiger partial charge on any atom is 0.324 e. The van der Waals surface area contributed by atoms with E-state index < -0.39 is 57.1 Å². The van der Waals surface area contributed by atoms with Gasteiger partial charge >= 0.3 is 16.4 Å². The number of likely N-dealkylation sites (N-methyl/N-ethyl adjacent to an activating group) is 1. The molecule has 1 spiro atoms. The monoisotopic (exact) mass is 952 g/mol. The first-order chi connectivity index (χ1) is 32.3. The zero-order valence-electron chi connectivity index (χ0n) is 40.3. The Balaban J connectivity index is 1.23. The van der Waals surface area contributed by atoms with Crippen molar-refractivity contribution in [3.8, 4) is 28.1 Å². The molecule has 0 saturated carbocycles. The Kier molecular flexibility index (Phi) is 13.8. The second-order valence-corrected chi connectivity index (χ2v) is 21.9. The lowest BCUT2D eigenvalue weighted by atomic mass is 9.76. The van der Waals surface area contributed by atoms with Crippen molar-refractivity contribution in [3.63, 3.8) is 0 Å².